The first-order valence-electron chi connectivity index (χ1n) is 5.36. The summed E-state index contributed by atoms with van der Waals surface area (Å²) >= 11 is 1.53. The largest absolute Gasteiger partial charge is 0.382 e. The van der Waals surface area contributed by atoms with Crippen LogP contribution < -0.4 is 11.3 Å². The van der Waals surface area contributed by atoms with Gasteiger partial charge in [-0.2, -0.15) is 0 Å². The van der Waals surface area contributed by atoms with Gasteiger partial charge < -0.3 is 10.7 Å². The lowest BCUT2D eigenvalue weighted by Crippen LogP contribution is -2.09. The van der Waals surface area contributed by atoms with E-state index in [-0.39, 0.29) is 5.56 Å². The zero-order chi connectivity index (χ0) is 12.3. The van der Waals surface area contributed by atoms with Crippen LogP contribution in [0.25, 0.3) is 11.2 Å². The van der Waals surface area contributed by atoms with Gasteiger partial charge in [-0.15, -0.1) is 0 Å². The molecule has 90 valence electrons. The highest BCUT2D eigenvalue weighted by atomic mass is 32.2. The van der Waals surface area contributed by atoms with Gasteiger partial charge in [-0.25, -0.2) is 15.0 Å². The highest BCUT2D eigenvalue weighted by molar-refractivity contribution is 7.99. The third-order valence-electron chi connectivity index (χ3n) is 2.17. The third-order valence-corrected chi connectivity index (χ3v) is 3.11. The molecule has 0 aliphatic rings. The summed E-state index contributed by atoms with van der Waals surface area (Å²) in [6, 6.07) is 0. The number of hydrogen-bond donors (Lipinski definition) is 2. The molecule has 6 nitrogen and oxygen atoms in total. The Kier molecular flexibility index (Phi) is 3.58. The molecule has 2 rings (SSSR count). The summed E-state index contributed by atoms with van der Waals surface area (Å²) in [5.74, 6) is 1.23. The molecule has 0 spiro atoms. The predicted octanol–water partition coefficient (Wildman–Crippen LogP) is 1.19. The Bertz CT molecular complexity index is 582. The molecule has 3 N–H and O–H groups in total. The number of rotatable bonds is 4. The highest BCUT2D eigenvalue weighted by Gasteiger charge is 2.07. The third kappa shape index (κ3) is 2.73. The zero-order valence-electron chi connectivity index (χ0n) is 9.43. The van der Waals surface area contributed by atoms with E-state index in [1.54, 1.807) is 0 Å². The van der Waals surface area contributed by atoms with Crippen molar-refractivity contribution in [3.63, 3.8) is 0 Å². The molecule has 0 bridgehead atoms. The SMILES string of the molecule is CCCCSc1nc(N)c2ncc(=O)[nH]c2n1. The molecule has 2 heterocycles. The van der Waals surface area contributed by atoms with Crippen LogP contribution in [0.1, 0.15) is 19.8 Å². The van der Waals surface area contributed by atoms with E-state index in [1.165, 1.54) is 18.0 Å². The standard InChI is InChI=1S/C10H13N5OS/c1-2-3-4-17-10-14-8(11)7-9(15-10)13-6(16)5-12-7/h5H,2-4H2,1H3,(H3,11,13,14,15,16). The molecule has 0 amide bonds. The number of unbranched alkanes of at least 4 members (excludes halogenated alkanes) is 1. The van der Waals surface area contributed by atoms with Gasteiger partial charge in [-0.3, -0.25) is 4.79 Å². The fourth-order valence-corrected chi connectivity index (χ4v) is 2.24. The fraction of sp³-hybridized carbons (Fsp3) is 0.400. The number of hydrogen-bond acceptors (Lipinski definition) is 6. The van der Waals surface area contributed by atoms with E-state index < -0.39 is 0 Å². The van der Waals surface area contributed by atoms with E-state index in [0.717, 1.165) is 18.6 Å². The molecule has 2 aromatic rings. The normalized spacial score (nSPS) is 10.9. The number of anilines is 1. The van der Waals surface area contributed by atoms with Gasteiger partial charge in [-0.1, -0.05) is 25.1 Å². The monoisotopic (exact) mass is 251 g/mol. The number of nitrogen functional groups attached to an aromatic ring is 1. The van der Waals surface area contributed by atoms with Gasteiger partial charge >= 0.3 is 0 Å². The Labute approximate surface area is 102 Å². The van der Waals surface area contributed by atoms with E-state index in [1.807, 2.05) is 0 Å². The number of aromatic nitrogens is 4. The van der Waals surface area contributed by atoms with Crippen LogP contribution in [0.15, 0.2) is 16.1 Å². The maximum Gasteiger partial charge on any atom is 0.268 e. The molecule has 0 aliphatic heterocycles. The Balaban J connectivity index is 2.36. The minimum atomic E-state index is -0.292. The van der Waals surface area contributed by atoms with Crippen molar-refractivity contribution in [2.45, 2.75) is 24.9 Å². The van der Waals surface area contributed by atoms with Gasteiger partial charge in [0.05, 0.1) is 6.20 Å². The number of thioether (sulfide) groups is 1. The Morgan fingerprint density at radius 3 is 3.06 bits per heavy atom. The van der Waals surface area contributed by atoms with Crippen molar-refractivity contribution in [3.05, 3.63) is 16.6 Å². The van der Waals surface area contributed by atoms with Crippen molar-refractivity contribution in [3.8, 4) is 0 Å². The number of fused-ring (bicyclic) bond motifs is 1. The van der Waals surface area contributed by atoms with Crippen LogP contribution in [0.2, 0.25) is 0 Å². The molecule has 17 heavy (non-hydrogen) atoms. The fourth-order valence-electron chi connectivity index (χ4n) is 1.31. The predicted molar refractivity (Wildman–Crippen MR) is 68.0 cm³/mol. The molecule has 7 heteroatoms. The number of nitrogens with two attached hydrogens (primary N) is 1. The van der Waals surface area contributed by atoms with Gasteiger partial charge in [-0.05, 0) is 6.42 Å². The summed E-state index contributed by atoms with van der Waals surface area (Å²) in [6.07, 6.45) is 3.38. The maximum absolute atomic E-state index is 11.1. The second kappa shape index (κ2) is 5.13. The summed E-state index contributed by atoms with van der Waals surface area (Å²) < 4.78 is 0. The first-order chi connectivity index (χ1) is 8.20. The summed E-state index contributed by atoms with van der Waals surface area (Å²) in [7, 11) is 0. The Morgan fingerprint density at radius 2 is 2.29 bits per heavy atom. The quantitative estimate of drug-likeness (QED) is 0.481. The van der Waals surface area contributed by atoms with E-state index >= 15 is 0 Å². The zero-order valence-corrected chi connectivity index (χ0v) is 10.3. The number of nitrogens with zero attached hydrogens (tertiary/aromatic N) is 3. The Hall–Kier alpha value is -1.63. The van der Waals surface area contributed by atoms with Crippen molar-refractivity contribution in [1.82, 2.24) is 19.9 Å². The van der Waals surface area contributed by atoms with Crippen LogP contribution in [0.5, 0.6) is 0 Å². The van der Waals surface area contributed by atoms with E-state index in [2.05, 4.69) is 26.9 Å². The minimum absolute atomic E-state index is 0.292. The van der Waals surface area contributed by atoms with Gasteiger partial charge in [0.15, 0.2) is 16.6 Å². The van der Waals surface area contributed by atoms with E-state index in [4.69, 9.17) is 5.73 Å². The maximum atomic E-state index is 11.1. The van der Waals surface area contributed by atoms with E-state index in [0.29, 0.717) is 22.1 Å². The van der Waals surface area contributed by atoms with Crippen LogP contribution >= 0.6 is 11.8 Å². The smallest absolute Gasteiger partial charge is 0.268 e. The molecule has 0 saturated carbocycles. The summed E-state index contributed by atoms with van der Waals surface area (Å²) in [5.41, 5.74) is 6.30. The molecule has 0 atom stereocenters. The van der Waals surface area contributed by atoms with Crippen LogP contribution in [0, 0.1) is 0 Å². The molecule has 0 fully saturated rings. The van der Waals surface area contributed by atoms with Crippen molar-refractivity contribution < 1.29 is 0 Å². The second-order valence-corrected chi connectivity index (χ2v) is 4.60. The molecule has 2 aromatic heterocycles. The van der Waals surface area contributed by atoms with Crippen molar-refractivity contribution in [2.75, 3.05) is 11.5 Å². The highest BCUT2D eigenvalue weighted by Crippen LogP contribution is 2.19. The molecule has 0 aliphatic carbocycles. The lowest BCUT2D eigenvalue weighted by atomic mass is 10.4. The van der Waals surface area contributed by atoms with Crippen molar-refractivity contribution in [1.29, 1.82) is 0 Å². The first kappa shape index (κ1) is 11.8. The summed E-state index contributed by atoms with van der Waals surface area (Å²) in [5, 5.41) is 0.576. The van der Waals surface area contributed by atoms with Gasteiger partial charge in [0.1, 0.15) is 5.52 Å². The van der Waals surface area contributed by atoms with E-state index in [9.17, 15) is 4.79 Å². The number of aromatic amines is 1. The average Bonchev–Trinajstić information content (AvgIpc) is 2.28. The van der Waals surface area contributed by atoms with Gasteiger partial charge in [0.25, 0.3) is 5.56 Å². The molecule has 0 saturated heterocycles. The number of H-pyrrole nitrogens is 1. The lowest BCUT2D eigenvalue weighted by Gasteiger charge is -2.03. The Morgan fingerprint density at radius 1 is 1.47 bits per heavy atom. The summed E-state index contributed by atoms with van der Waals surface area (Å²) in [6.45, 7) is 2.12. The molecule has 0 radical (unpaired) electrons. The summed E-state index contributed by atoms with van der Waals surface area (Å²) in [4.78, 5) is 26.0. The van der Waals surface area contributed by atoms with Crippen LogP contribution in [0.4, 0.5) is 5.82 Å². The van der Waals surface area contributed by atoms with Crippen LogP contribution in [-0.2, 0) is 0 Å². The van der Waals surface area contributed by atoms with Crippen molar-refractivity contribution in [2.24, 2.45) is 0 Å². The molecular weight excluding hydrogens is 238 g/mol. The van der Waals surface area contributed by atoms with Gasteiger partial charge in [0, 0.05) is 5.75 Å². The van der Waals surface area contributed by atoms with Crippen molar-refractivity contribution >= 4 is 28.7 Å². The average molecular weight is 251 g/mol. The minimum Gasteiger partial charge on any atom is -0.382 e. The second-order valence-electron chi connectivity index (χ2n) is 3.54. The van der Waals surface area contributed by atoms with Crippen LogP contribution in [0.3, 0.4) is 0 Å². The topological polar surface area (TPSA) is 97.5 Å². The molecule has 0 unspecified atom stereocenters. The lowest BCUT2D eigenvalue weighted by molar-refractivity contribution is 0.890. The van der Waals surface area contributed by atoms with Crippen LogP contribution in [-0.4, -0.2) is 25.7 Å². The first-order valence-corrected chi connectivity index (χ1v) is 6.34. The van der Waals surface area contributed by atoms with Gasteiger partial charge in [0.2, 0.25) is 0 Å². The molecular formula is C10H13N5OS. The number of nitrogens with one attached hydrogen (secondary N) is 1. The molecule has 0 aromatic carbocycles.